The predicted octanol–water partition coefficient (Wildman–Crippen LogP) is 4.68. The Morgan fingerprint density at radius 2 is 1.18 bits per heavy atom. The molecule has 3 aromatic carbocycles. The van der Waals surface area contributed by atoms with Crippen molar-refractivity contribution in [1.82, 2.24) is 0 Å². The number of carbonyl (C=O) groups excluding carboxylic acids is 2. The maximum absolute atomic E-state index is 12.4. The van der Waals surface area contributed by atoms with E-state index in [1.807, 2.05) is 38.1 Å². The summed E-state index contributed by atoms with van der Waals surface area (Å²) in [5.41, 5.74) is 4.92. The topological polar surface area (TPSA) is 82.0 Å². The van der Waals surface area contributed by atoms with Gasteiger partial charge in [0.05, 0.1) is 11.6 Å². The van der Waals surface area contributed by atoms with Crippen LogP contribution < -0.4 is 10.6 Å². The van der Waals surface area contributed by atoms with E-state index in [0.717, 1.165) is 16.8 Å². The lowest BCUT2D eigenvalue weighted by atomic mass is 10.1. The Balaban J connectivity index is 1.67. The smallest absolute Gasteiger partial charge is 0.255 e. The van der Waals surface area contributed by atoms with Crippen LogP contribution in [0.3, 0.4) is 0 Å². The van der Waals surface area contributed by atoms with Gasteiger partial charge in [0.15, 0.2) is 0 Å². The van der Waals surface area contributed by atoms with Crippen LogP contribution in [0, 0.1) is 25.2 Å². The first kappa shape index (κ1) is 18.9. The van der Waals surface area contributed by atoms with Crippen LogP contribution in [0.5, 0.6) is 0 Å². The standard InChI is InChI=1S/C23H19N3O2/c1-15-11-16(2)13-21(12-15)26-23(28)19-7-5-18(6-8-19)22(27)25-20-9-3-17(14-24)4-10-20/h3-13H,1-2H3,(H,25,27)(H,26,28). The Hall–Kier alpha value is -3.91. The highest BCUT2D eigenvalue weighted by molar-refractivity contribution is 6.07. The largest absolute Gasteiger partial charge is 0.322 e. The van der Waals surface area contributed by atoms with Gasteiger partial charge in [-0.25, -0.2) is 0 Å². The molecule has 2 amide bonds. The lowest BCUT2D eigenvalue weighted by Crippen LogP contribution is -2.14. The molecule has 0 unspecified atom stereocenters. The van der Waals surface area contributed by atoms with E-state index in [1.165, 1.54) is 0 Å². The van der Waals surface area contributed by atoms with Gasteiger partial charge in [0.1, 0.15) is 0 Å². The van der Waals surface area contributed by atoms with Crippen molar-refractivity contribution in [3.63, 3.8) is 0 Å². The molecule has 138 valence electrons. The first-order valence-corrected chi connectivity index (χ1v) is 8.76. The number of rotatable bonds is 4. The Morgan fingerprint density at radius 1 is 0.714 bits per heavy atom. The van der Waals surface area contributed by atoms with Gasteiger partial charge < -0.3 is 10.6 Å². The lowest BCUT2D eigenvalue weighted by Gasteiger charge is -2.09. The quantitative estimate of drug-likeness (QED) is 0.700. The van der Waals surface area contributed by atoms with E-state index in [9.17, 15) is 9.59 Å². The first-order valence-electron chi connectivity index (χ1n) is 8.76. The van der Waals surface area contributed by atoms with Crippen LogP contribution in [-0.2, 0) is 0 Å². The van der Waals surface area contributed by atoms with Crippen molar-refractivity contribution >= 4 is 23.2 Å². The summed E-state index contributed by atoms with van der Waals surface area (Å²) >= 11 is 0. The summed E-state index contributed by atoms with van der Waals surface area (Å²) in [4.78, 5) is 24.8. The van der Waals surface area contributed by atoms with Gasteiger partial charge >= 0.3 is 0 Å². The van der Waals surface area contributed by atoms with Gasteiger partial charge in [-0.2, -0.15) is 5.26 Å². The summed E-state index contributed by atoms with van der Waals surface area (Å²) in [7, 11) is 0. The lowest BCUT2D eigenvalue weighted by molar-refractivity contribution is 0.101. The third kappa shape index (κ3) is 4.63. The van der Waals surface area contributed by atoms with Crippen molar-refractivity contribution in [2.24, 2.45) is 0 Å². The highest BCUT2D eigenvalue weighted by atomic mass is 16.2. The molecule has 0 radical (unpaired) electrons. The van der Waals surface area contributed by atoms with E-state index in [1.54, 1.807) is 48.5 Å². The zero-order chi connectivity index (χ0) is 20.1. The molecule has 3 aromatic rings. The van der Waals surface area contributed by atoms with Gasteiger partial charge in [0.25, 0.3) is 11.8 Å². The van der Waals surface area contributed by atoms with E-state index in [2.05, 4.69) is 10.6 Å². The number of nitrogens with zero attached hydrogens (tertiary/aromatic N) is 1. The summed E-state index contributed by atoms with van der Waals surface area (Å²) in [6.45, 7) is 3.95. The van der Waals surface area contributed by atoms with Crippen molar-refractivity contribution in [3.8, 4) is 6.07 Å². The molecule has 5 nitrogen and oxygen atoms in total. The number of aryl methyl sites for hydroxylation is 2. The number of carbonyl (C=O) groups is 2. The van der Waals surface area contributed by atoms with Crippen molar-refractivity contribution < 1.29 is 9.59 Å². The Labute approximate surface area is 163 Å². The van der Waals surface area contributed by atoms with Gasteiger partial charge in [-0.15, -0.1) is 0 Å². The third-order valence-corrected chi connectivity index (χ3v) is 4.16. The summed E-state index contributed by atoms with van der Waals surface area (Å²) < 4.78 is 0. The SMILES string of the molecule is Cc1cc(C)cc(NC(=O)c2ccc(C(=O)Nc3ccc(C#N)cc3)cc2)c1. The molecule has 2 N–H and O–H groups in total. The van der Waals surface area contributed by atoms with Crippen LogP contribution in [0.1, 0.15) is 37.4 Å². The van der Waals surface area contributed by atoms with E-state index >= 15 is 0 Å². The van der Waals surface area contributed by atoms with Crippen LogP contribution in [0.2, 0.25) is 0 Å². The van der Waals surface area contributed by atoms with E-state index in [-0.39, 0.29) is 11.8 Å². The second-order valence-corrected chi connectivity index (χ2v) is 6.55. The van der Waals surface area contributed by atoms with Gasteiger partial charge in [0, 0.05) is 22.5 Å². The van der Waals surface area contributed by atoms with Crippen LogP contribution >= 0.6 is 0 Å². The van der Waals surface area contributed by atoms with Crippen LogP contribution in [-0.4, -0.2) is 11.8 Å². The number of hydrogen-bond acceptors (Lipinski definition) is 3. The van der Waals surface area contributed by atoms with Gasteiger partial charge in [-0.1, -0.05) is 6.07 Å². The molecule has 0 aliphatic rings. The van der Waals surface area contributed by atoms with E-state index in [4.69, 9.17) is 5.26 Å². The highest BCUT2D eigenvalue weighted by Gasteiger charge is 2.10. The molecule has 3 rings (SSSR count). The Morgan fingerprint density at radius 3 is 1.64 bits per heavy atom. The molecule has 0 heterocycles. The van der Waals surface area contributed by atoms with Crippen molar-refractivity contribution in [1.29, 1.82) is 5.26 Å². The highest BCUT2D eigenvalue weighted by Crippen LogP contribution is 2.16. The molecular weight excluding hydrogens is 350 g/mol. The average molecular weight is 369 g/mol. The fourth-order valence-corrected chi connectivity index (χ4v) is 2.85. The van der Waals surface area contributed by atoms with E-state index < -0.39 is 0 Å². The normalized spacial score (nSPS) is 10.0. The summed E-state index contributed by atoms with van der Waals surface area (Å²) in [5.74, 6) is -0.518. The predicted molar refractivity (Wildman–Crippen MR) is 109 cm³/mol. The van der Waals surface area contributed by atoms with Gasteiger partial charge in [-0.05, 0) is 85.6 Å². The second kappa shape index (κ2) is 8.19. The summed E-state index contributed by atoms with van der Waals surface area (Å²) in [6, 6.07) is 20.9. The molecule has 0 aromatic heterocycles. The molecular formula is C23H19N3O2. The van der Waals surface area contributed by atoms with Crippen molar-refractivity contribution in [3.05, 3.63) is 94.5 Å². The molecule has 0 aliphatic heterocycles. The zero-order valence-electron chi connectivity index (χ0n) is 15.6. The maximum atomic E-state index is 12.4. The van der Waals surface area contributed by atoms with Crippen LogP contribution in [0.15, 0.2) is 66.7 Å². The number of nitrogens with one attached hydrogen (secondary N) is 2. The Bertz CT molecular complexity index is 1040. The third-order valence-electron chi connectivity index (χ3n) is 4.16. The molecule has 0 spiro atoms. The monoisotopic (exact) mass is 369 g/mol. The number of amides is 2. The van der Waals surface area contributed by atoms with Crippen LogP contribution in [0.4, 0.5) is 11.4 Å². The fraction of sp³-hybridized carbons (Fsp3) is 0.0870. The fourth-order valence-electron chi connectivity index (χ4n) is 2.85. The zero-order valence-corrected chi connectivity index (χ0v) is 15.6. The van der Waals surface area contributed by atoms with Crippen LogP contribution in [0.25, 0.3) is 0 Å². The maximum Gasteiger partial charge on any atom is 0.255 e. The van der Waals surface area contributed by atoms with Gasteiger partial charge in [-0.3, -0.25) is 9.59 Å². The minimum Gasteiger partial charge on any atom is -0.322 e. The number of nitriles is 1. The summed E-state index contributed by atoms with van der Waals surface area (Å²) in [6.07, 6.45) is 0. The molecule has 0 atom stereocenters. The number of hydrogen-bond donors (Lipinski definition) is 2. The Kier molecular flexibility index (Phi) is 5.52. The molecule has 28 heavy (non-hydrogen) atoms. The molecule has 0 saturated carbocycles. The second-order valence-electron chi connectivity index (χ2n) is 6.55. The first-order chi connectivity index (χ1) is 13.4. The molecule has 0 bridgehead atoms. The van der Waals surface area contributed by atoms with E-state index in [0.29, 0.717) is 22.4 Å². The number of benzene rings is 3. The molecule has 0 aliphatic carbocycles. The average Bonchev–Trinajstić information content (AvgIpc) is 2.68. The molecule has 0 fully saturated rings. The van der Waals surface area contributed by atoms with Crippen molar-refractivity contribution in [2.75, 3.05) is 10.6 Å². The van der Waals surface area contributed by atoms with Crippen molar-refractivity contribution in [2.45, 2.75) is 13.8 Å². The minimum absolute atomic E-state index is 0.232. The van der Waals surface area contributed by atoms with Gasteiger partial charge in [0.2, 0.25) is 0 Å². The minimum atomic E-state index is -0.286. The molecule has 0 saturated heterocycles. The number of anilines is 2. The molecule has 5 heteroatoms. The summed E-state index contributed by atoms with van der Waals surface area (Å²) in [5, 5.41) is 14.4.